The molecular formula is C32H46O6. The molecule has 0 fully saturated rings. The normalized spacial score (nSPS) is 14.2. The van der Waals surface area contributed by atoms with Gasteiger partial charge in [0.2, 0.25) is 0 Å². The van der Waals surface area contributed by atoms with Gasteiger partial charge in [0, 0.05) is 12.8 Å². The summed E-state index contributed by atoms with van der Waals surface area (Å²) in [5.74, 6) is 1.98. The van der Waals surface area contributed by atoms with Crippen LogP contribution in [0, 0.1) is 0 Å². The average molecular weight is 527 g/mol. The smallest absolute Gasteiger partial charge is 0.306 e. The predicted molar refractivity (Wildman–Crippen MR) is 151 cm³/mol. The zero-order valence-electron chi connectivity index (χ0n) is 24.0. The van der Waals surface area contributed by atoms with E-state index in [1.165, 1.54) is 11.1 Å². The Morgan fingerprint density at radius 2 is 0.947 bits per heavy atom. The topological polar surface area (TPSA) is 71.1 Å². The van der Waals surface area contributed by atoms with Crippen molar-refractivity contribution in [3.05, 3.63) is 59.7 Å². The Hall–Kier alpha value is -3.02. The second kappa shape index (κ2) is 16.7. The van der Waals surface area contributed by atoms with E-state index in [0.717, 1.165) is 24.3 Å². The second-order valence-corrected chi connectivity index (χ2v) is 10.2. The first-order valence-electron chi connectivity index (χ1n) is 14.1. The number of hydrogen-bond acceptors (Lipinski definition) is 6. The van der Waals surface area contributed by atoms with E-state index in [4.69, 9.17) is 18.9 Å². The van der Waals surface area contributed by atoms with Crippen molar-refractivity contribution in [3.63, 3.8) is 0 Å². The summed E-state index contributed by atoms with van der Waals surface area (Å²) in [5, 5.41) is 0. The van der Waals surface area contributed by atoms with Crippen molar-refractivity contribution in [2.75, 3.05) is 13.2 Å². The highest BCUT2D eigenvalue weighted by molar-refractivity contribution is 5.70. The number of carbonyl (C=O) groups is 2. The van der Waals surface area contributed by atoms with Gasteiger partial charge in [-0.3, -0.25) is 9.59 Å². The highest BCUT2D eigenvalue weighted by Gasteiger charge is 2.13. The molecule has 210 valence electrons. The fourth-order valence-electron chi connectivity index (χ4n) is 3.86. The maximum absolute atomic E-state index is 12.1. The van der Waals surface area contributed by atoms with Gasteiger partial charge in [0.15, 0.2) is 0 Å². The zero-order chi connectivity index (χ0) is 27.9. The van der Waals surface area contributed by atoms with Crippen LogP contribution in [0.5, 0.6) is 11.5 Å². The van der Waals surface area contributed by atoms with Crippen LogP contribution in [0.15, 0.2) is 48.5 Å². The number of benzene rings is 2. The summed E-state index contributed by atoms with van der Waals surface area (Å²) in [6, 6.07) is 16.1. The lowest BCUT2D eigenvalue weighted by Gasteiger charge is -2.16. The van der Waals surface area contributed by atoms with Gasteiger partial charge in [-0.25, -0.2) is 0 Å². The minimum Gasteiger partial charge on any atom is -0.490 e. The summed E-state index contributed by atoms with van der Waals surface area (Å²) < 4.78 is 22.4. The van der Waals surface area contributed by atoms with Crippen molar-refractivity contribution in [1.29, 1.82) is 0 Å². The Morgan fingerprint density at radius 3 is 1.26 bits per heavy atom. The first kappa shape index (κ1) is 31.2. The third kappa shape index (κ3) is 11.6. The molecular weight excluding hydrogens is 480 g/mol. The van der Waals surface area contributed by atoms with Crippen LogP contribution in [0.25, 0.3) is 0 Å². The van der Waals surface area contributed by atoms with E-state index in [-0.39, 0.29) is 37.0 Å². The Kier molecular flexibility index (Phi) is 13.7. The lowest BCUT2D eigenvalue weighted by atomic mass is 9.99. The number of unbranched alkanes of at least 4 members (excludes halogenated alkanes) is 1. The van der Waals surface area contributed by atoms with Gasteiger partial charge in [-0.15, -0.1) is 0 Å². The summed E-state index contributed by atoms with van der Waals surface area (Å²) >= 11 is 0. The van der Waals surface area contributed by atoms with Crippen LogP contribution >= 0.6 is 0 Å². The molecule has 0 saturated heterocycles. The van der Waals surface area contributed by atoms with Gasteiger partial charge in [0.05, 0.1) is 0 Å². The number of esters is 2. The SMILES string of the molecule is CCC(C)c1ccc(OCC(C)OC(=O)CCCCC(=O)OC(C)COc2ccc(C(C)CC)cc2)cc1. The quantitative estimate of drug-likeness (QED) is 0.156. The number of rotatable bonds is 17. The molecule has 0 saturated carbocycles. The molecule has 0 amide bonds. The molecule has 0 aliphatic rings. The molecule has 4 unspecified atom stereocenters. The lowest BCUT2D eigenvalue weighted by molar-refractivity contribution is -0.151. The minimum atomic E-state index is -0.353. The Balaban J connectivity index is 1.56. The van der Waals surface area contributed by atoms with Crippen LogP contribution in [-0.2, 0) is 19.1 Å². The van der Waals surface area contributed by atoms with Crippen molar-refractivity contribution in [2.45, 2.75) is 104 Å². The van der Waals surface area contributed by atoms with Gasteiger partial charge in [0.1, 0.15) is 36.9 Å². The van der Waals surface area contributed by atoms with Crippen LogP contribution in [0.3, 0.4) is 0 Å². The van der Waals surface area contributed by atoms with Crippen molar-refractivity contribution >= 4 is 11.9 Å². The molecule has 2 rings (SSSR count). The molecule has 0 aromatic heterocycles. The Morgan fingerprint density at radius 1 is 0.605 bits per heavy atom. The van der Waals surface area contributed by atoms with E-state index in [0.29, 0.717) is 37.9 Å². The zero-order valence-corrected chi connectivity index (χ0v) is 24.0. The van der Waals surface area contributed by atoms with E-state index >= 15 is 0 Å². The van der Waals surface area contributed by atoms with E-state index < -0.39 is 0 Å². The fourth-order valence-corrected chi connectivity index (χ4v) is 3.86. The fraction of sp³-hybridized carbons (Fsp3) is 0.562. The summed E-state index contributed by atoms with van der Waals surface area (Å²) in [5.41, 5.74) is 2.57. The molecule has 6 heteroatoms. The molecule has 38 heavy (non-hydrogen) atoms. The third-order valence-electron chi connectivity index (χ3n) is 6.77. The lowest BCUT2D eigenvalue weighted by Crippen LogP contribution is -2.22. The summed E-state index contributed by atoms with van der Waals surface area (Å²) in [7, 11) is 0. The van der Waals surface area contributed by atoms with Crippen LogP contribution in [0.2, 0.25) is 0 Å². The molecule has 0 radical (unpaired) electrons. The van der Waals surface area contributed by atoms with Crippen molar-refractivity contribution < 1.29 is 28.5 Å². The van der Waals surface area contributed by atoms with E-state index in [2.05, 4.69) is 52.0 Å². The summed E-state index contributed by atoms with van der Waals surface area (Å²) in [4.78, 5) is 24.2. The van der Waals surface area contributed by atoms with Crippen LogP contribution in [-0.4, -0.2) is 37.4 Å². The maximum Gasteiger partial charge on any atom is 0.306 e. The highest BCUT2D eigenvalue weighted by atomic mass is 16.6. The molecule has 0 bridgehead atoms. The second-order valence-electron chi connectivity index (χ2n) is 10.2. The van der Waals surface area contributed by atoms with Crippen molar-refractivity contribution in [1.82, 2.24) is 0 Å². The van der Waals surface area contributed by atoms with Crippen molar-refractivity contribution in [2.24, 2.45) is 0 Å². The molecule has 2 aromatic carbocycles. The molecule has 0 spiro atoms. The van der Waals surface area contributed by atoms with E-state index in [9.17, 15) is 9.59 Å². The molecule has 4 atom stereocenters. The minimum absolute atomic E-state index is 0.256. The van der Waals surface area contributed by atoms with Gasteiger partial charge in [0.25, 0.3) is 0 Å². The maximum atomic E-state index is 12.1. The van der Waals surface area contributed by atoms with Gasteiger partial charge in [-0.05, 0) is 86.8 Å². The molecule has 0 heterocycles. The highest BCUT2D eigenvalue weighted by Crippen LogP contribution is 2.23. The molecule has 0 N–H and O–H groups in total. The van der Waals surface area contributed by atoms with Gasteiger partial charge < -0.3 is 18.9 Å². The number of carbonyl (C=O) groups excluding carboxylic acids is 2. The monoisotopic (exact) mass is 526 g/mol. The first-order chi connectivity index (χ1) is 18.2. The van der Waals surface area contributed by atoms with Crippen molar-refractivity contribution in [3.8, 4) is 11.5 Å². The summed E-state index contributed by atoms with van der Waals surface area (Å²) in [6.07, 6.45) is 3.12. The van der Waals surface area contributed by atoms with Crippen LogP contribution < -0.4 is 9.47 Å². The molecule has 0 aliphatic heterocycles. The van der Waals surface area contributed by atoms with Crippen LogP contribution in [0.1, 0.15) is 103 Å². The molecule has 2 aromatic rings. The number of hydrogen-bond donors (Lipinski definition) is 0. The first-order valence-corrected chi connectivity index (χ1v) is 14.1. The summed E-state index contributed by atoms with van der Waals surface area (Å²) in [6.45, 7) is 13.0. The van der Waals surface area contributed by atoms with Gasteiger partial charge in [-0.2, -0.15) is 0 Å². The largest absolute Gasteiger partial charge is 0.490 e. The van der Waals surface area contributed by atoms with E-state index in [1.807, 2.05) is 38.1 Å². The number of ether oxygens (including phenoxy) is 4. The standard InChI is InChI=1S/C32H46O6/c1-7-23(3)27-13-17-29(18-14-27)35-21-25(5)37-31(33)11-9-10-12-32(34)38-26(6)22-36-30-19-15-28(16-20-30)24(4)8-2/h13-20,23-26H,7-12,21-22H2,1-6H3. The molecule has 6 nitrogen and oxygen atoms in total. The van der Waals surface area contributed by atoms with Gasteiger partial charge in [-0.1, -0.05) is 52.0 Å². The van der Waals surface area contributed by atoms with E-state index in [1.54, 1.807) is 0 Å². The average Bonchev–Trinajstić information content (AvgIpc) is 2.92. The van der Waals surface area contributed by atoms with Crippen LogP contribution in [0.4, 0.5) is 0 Å². The van der Waals surface area contributed by atoms with Gasteiger partial charge >= 0.3 is 11.9 Å². The predicted octanol–water partition coefficient (Wildman–Crippen LogP) is 7.60. The Labute approximate surface area is 229 Å². The Bertz CT molecular complexity index is 873. The molecule has 0 aliphatic carbocycles. The third-order valence-corrected chi connectivity index (χ3v) is 6.77.